The quantitative estimate of drug-likeness (QED) is 0.523. The maximum atomic E-state index is 13.9. The highest BCUT2D eigenvalue weighted by Crippen LogP contribution is 2.28. The van der Waals surface area contributed by atoms with Crippen molar-refractivity contribution in [1.29, 1.82) is 0 Å². The lowest BCUT2D eigenvalue weighted by atomic mass is 10.0. The first-order chi connectivity index (χ1) is 15.2. The maximum absolute atomic E-state index is 13.9. The number of carbonyl (C=O) groups is 3. The van der Waals surface area contributed by atoms with Crippen LogP contribution in [0.5, 0.6) is 0 Å². The molecule has 2 rings (SSSR count). The van der Waals surface area contributed by atoms with Gasteiger partial charge < -0.3 is 10.1 Å². The number of nitro groups is 1. The average molecular weight is 463 g/mol. The van der Waals surface area contributed by atoms with Gasteiger partial charge in [0.05, 0.1) is 10.6 Å². The number of rotatable bonds is 5. The van der Waals surface area contributed by atoms with Gasteiger partial charge in [-0.25, -0.2) is 18.5 Å². The van der Waals surface area contributed by atoms with E-state index in [1.165, 1.54) is 26.0 Å². The van der Waals surface area contributed by atoms with Crippen LogP contribution in [-0.2, 0) is 9.53 Å². The van der Waals surface area contributed by atoms with Crippen LogP contribution in [0.25, 0.3) is 0 Å². The first-order valence-electron chi connectivity index (χ1n) is 9.79. The number of nitrogens with one attached hydrogen (secondary N) is 1. The third-order valence-electron chi connectivity index (χ3n) is 4.29. The van der Waals surface area contributed by atoms with Crippen LogP contribution in [0.3, 0.4) is 0 Å². The van der Waals surface area contributed by atoms with E-state index in [-0.39, 0.29) is 5.56 Å². The molecule has 0 bridgehead atoms. The summed E-state index contributed by atoms with van der Waals surface area (Å²) >= 11 is 0. The normalized spacial score (nSPS) is 12.0. The van der Waals surface area contributed by atoms with E-state index in [9.17, 15) is 33.3 Å². The molecule has 1 atom stereocenters. The summed E-state index contributed by atoms with van der Waals surface area (Å²) in [6.45, 7) is 7.44. The van der Waals surface area contributed by atoms with Gasteiger partial charge in [-0.1, -0.05) is 12.1 Å². The largest absolute Gasteiger partial charge is 0.444 e. The fourth-order valence-electron chi connectivity index (χ4n) is 2.95. The molecule has 2 aromatic carbocycles. The molecule has 0 aliphatic heterocycles. The first-order valence-corrected chi connectivity index (χ1v) is 9.79. The van der Waals surface area contributed by atoms with Gasteiger partial charge in [-0.2, -0.15) is 0 Å². The van der Waals surface area contributed by atoms with Crippen molar-refractivity contribution in [2.24, 2.45) is 0 Å². The van der Waals surface area contributed by atoms with Crippen molar-refractivity contribution in [2.45, 2.75) is 46.3 Å². The lowest BCUT2D eigenvalue weighted by molar-refractivity contribution is -0.385. The topological polar surface area (TPSA) is 119 Å². The van der Waals surface area contributed by atoms with E-state index in [1.807, 2.05) is 0 Å². The van der Waals surface area contributed by atoms with Gasteiger partial charge in [0, 0.05) is 12.1 Å². The van der Waals surface area contributed by atoms with Crippen LogP contribution < -0.4 is 10.2 Å². The summed E-state index contributed by atoms with van der Waals surface area (Å²) in [6.07, 6.45) is -0.969. The predicted octanol–water partition coefficient (Wildman–Crippen LogP) is 4.27. The zero-order valence-electron chi connectivity index (χ0n) is 18.6. The summed E-state index contributed by atoms with van der Waals surface area (Å²) in [5, 5.41) is 13.7. The summed E-state index contributed by atoms with van der Waals surface area (Å²) < 4.78 is 32.9. The lowest BCUT2D eigenvalue weighted by Crippen LogP contribution is -2.50. The molecule has 1 N–H and O–H groups in total. The number of amides is 3. The number of carbonyl (C=O) groups excluding carboxylic acids is 3. The molecule has 0 saturated heterocycles. The SMILES string of the molecule is Cc1cccc([N+](=O)[O-])c1C(=O)N(C(=O)[C@H](C)NC(=O)OC(C)(C)C)c1cc(F)cc(F)c1. The van der Waals surface area contributed by atoms with Gasteiger partial charge in [-0.15, -0.1) is 0 Å². The number of hydrogen-bond acceptors (Lipinski definition) is 6. The summed E-state index contributed by atoms with van der Waals surface area (Å²) in [5.41, 5.74) is -2.25. The number of hydrogen-bond donors (Lipinski definition) is 1. The first kappa shape index (κ1) is 25.4. The number of halogens is 2. The Morgan fingerprint density at radius 1 is 1.12 bits per heavy atom. The monoisotopic (exact) mass is 463 g/mol. The average Bonchev–Trinajstić information content (AvgIpc) is 2.65. The number of nitrogens with zero attached hydrogens (tertiary/aromatic N) is 2. The molecule has 0 radical (unpaired) electrons. The van der Waals surface area contributed by atoms with Crippen molar-refractivity contribution in [1.82, 2.24) is 5.32 Å². The molecule has 0 heterocycles. The standard InChI is InChI=1S/C22H23F2N3O6/c1-12-7-6-8-17(27(31)32)18(12)20(29)26(16-10-14(23)9-15(24)11-16)19(28)13(2)25-21(30)33-22(3,4)5/h6-11,13H,1-5H3,(H,25,30)/t13-/m0/s1. The number of nitro benzene ring substituents is 1. The second kappa shape index (κ2) is 9.72. The molecular formula is C22H23F2N3O6. The Morgan fingerprint density at radius 3 is 2.21 bits per heavy atom. The highest BCUT2D eigenvalue weighted by molar-refractivity contribution is 6.24. The predicted molar refractivity (Wildman–Crippen MR) is 115 cm³/mol. The molecule has 176 valence electrons. The van der Waals surface area contributed by atoms with E-state index in [0.717, 1.165) is 18.2 Å². The van der Waals surface area contributed by atoms with Gasteiger partial charge in [-0.05, 0) is 52.3 Å². The van der Waals surface area contributed by atoms with Crippen LogP contribution in [0.15, 0.2) is 36.4 Å². The van der Waals surface area contributed by atoms with Crippen LogP contribution in [0.1, 0.15) is 43.6 Å². The number of ether oxygens (including phenoxy) is 1. The minimum atomic E-state index is -1.39. The Morgan fingerprint density at radius 2 is 1.70 bits per heavy atom. The van der Waals surface area contributed by atoms with E-state index in [4.69, 9.17) is 4.74 Å². The molecule has 0 aliphatic carbocycles. The Labute approximate surface area is 188 Å². The maximum Gasteiger partial charge on any atom is 0.408 e. The van der Waals surface area contributed by atoms with Crippen molar-refractivity contribution < 1.29 is 32.8 Å². The molecule has 2 aromatic rings. The Balaban J connectivity index is 2.56. The molecule has 0 aromatic heterocycles. The molecule has 0 unspecified atom stereocenters. The molecule has 0 spiro atoms. The van der Waals surface area contributed by atoms with E-state index in [0.29, 0.717) is 11.0 Å². The smallest absolute Gasteiger partial charge is 0.408 e. The van der Waals surface area contributed by atoms with Gasteiger partial charge in [-0.3, -0.25) is 19.7 Å². The summed E-state index contributed by atoms with van der Waals surface area (Å²) in [5.74, 6) is -4.44. The number of imide groups is 1. The molecule has 9 nitrogen and oxygen atoms in total. The van der Waals surface area contributed by atoms with Gasteiger partial charge in [0.2, 0.25) is 0 Å². The van der Waals surface area contributed by atoms with E-state index < -0.39 is 63.0 Å². The van der Waals surface area contributed by atoms with E-state index in [2.05, 4.69) is 5.32 Å². The van der Waals surface area contributed by atoms with Crippen molar-refractivity contribution in [3.63, 3.8) is 0 Å². The van der Waals surface area contributed by atoms with Crippen molar-refractivity contribution in [3.8, 4) is 0 Å². The van der Waals surface area contributed by atoms with Crippen molar-refractivity contribution in [3.05, 3.63) is 69.3 Å². The van der Waals surface area contributed by atoms with Crippen molar-refractivity contribution in [2.75, 3.05) is 4.90 Å². The minimum absolute atomic E-state index is 0.164. The molecule has 3 amide bonds. The fraction of sp³-hybridized carbons (Fsp3) is 0.318. The number of anilines is 1. The molecule has 0 fully saturated rings. The fourth-order valence-corrected chi connectivity index (χ4v) is 2.95. The van der Waals surface area contributed by atoms with E-state index >= 15 is 0 Å². The molecule has 0 aliphatic rings. The second-order valence-corrected chi connectivity index (χ2v) is 8.20. The number of benzene rings is 2. The summed E-state index contributed by atoms with van der Waals surface area (Å²) in [4.78, 5) is 49.7. The van der Waals surface area contributed by atoms with Crippen LogP contribution in [-0.4, -0.2) is 34.5 Å². The van der Waals surface area contributed by atoms with Crippen LogP contribution in [0.4, 0.5) is 25.0 Å². The zero-order valence-corrected chi connectivity index (χ0v) is 18.6. The minimum Gasteiger partial charge on any atom is -0.444 e. The summed E-state index contributed by atoms with van der Waals surface area (Å²) in [6, 6.07) is 4.43. The molecular weight excluding hydrogens is 440 g/mol. The Bertz CT molecular complexity index is 1090. The molecule has 11 heteroatoms. The Hall–Kier alpha value is -3.89. The highest BCUT2D eigenvalue weighted by atomic mass is 19.1. The van der Waals surface area contributed by atoms with Gasteiger partial charge in [0.15, 0.2) is 0 Å². The third-order valence-corrected chi connectivity index (χ3v) is 4.29. The Kier molecular flexibility index (Phi) is 7.47. The van der Waals surface area contributed by atoms with Gasteiger partial charge in [0.1, 0.15) is 28.8 Å². The number of aryl methyl sites for hydroxylation is 1. The van der Waals surface area contributed by atoms with Crippen molar-refractivity contribution >= 4 is 29.3 Å². The van der Waals surface area contributed by atoms with Gasteiger partial charge >= 0.3 is 6.09 Å². The summed E-state index contributed by atoms with van der Waals surface area (Å²) in [7, 11) is 0. The zero-order chi connectivity index (χ0) is 25.1. The highest BCUT2D eigenvalue weighted by Gasteiger charge is 2.35. The third kappa shape index (κ3) is 6.31. The van der Waals surface area contributed by atoms with E-state index in [1.54, 1.807) is 20.8 Å². The number of alkyl carbamates (subject to hydrolysis) is 1. The second-order valence-electron chi connectivity index (χ2n) is 8.20. The van der Waals surface area contributed by atoms with Crippen LogP contribution >= 0.6 is 0 Å². The molecule has 0 saturated carbocycles. The van der Waals surface area contributed by atoms with Crippen LogP contribution in [0, 0.1) is 28.7 Å². The lowest BCUT2D eigenvalue weighted by Gasteiger charge is -2.26. The van der Waals surface area contributed by atoms with Crippen LogP contribution in [0.2, 0.25) is 0 Å². The van der Waals surface area contributed by atoms with Gasteiger partial charge in [0.25, 0.3) is 17.5 Å². The molecule has 33 heavy (non-hydrogen) atoms.